The second-order valence-electron chi connectivity index (χ2n) is 13.7. The molecule has 3 fully saturated rings. The molecule has 0 spiro atoms. The molecule has 1 aliphatic heterocycles. The standard InChI is InChI=1S/C32H48N6O6/c1-5-10-22(31(43)44)35-29(41)25-21-14-9-13-20(21)18-38(25)30(42)26(32(2,3)4)37-28(40)24(19-11-7-6-8-12-19)36-27(39)23-17-33-15-16-34-23/h15-17,19-22,24-26H,5-14,18H2,1-4H3,(H,35,41)(H,36,39)(H,37,40)(H,43,44)/t20-,21-,22-,24-,25-,26+/m0/s1. The molecule has 6 atom stereocenters. The van der Waals surface area contributed by atoms with Crippen molar-refractivity contribution < 1.29 is 29.1 Å². The van der Waals surface area contributed by atoms with Crippen molar-refractivity contribution in [3.8, 4) is 0 Å². The second kappa shape index (κ2) is 14.5. The van der Waals surface area contributed by atoms with E-state index in [-0.39, 0.29) is 29.4 Å². The second-order valence-corrected chi connectivity index (χ2v) is 13.7. The first kappa shape index (κ1) is 33.3. The highest BCUT2D eigenvalue weighted by Crippen LogP contribution is 2.43. The smallest absolute Gasteiger partial charge is 0.326 e. The highest BCUT2D eigenvalue weighted by molar-refractivity contribution is 5.98. The molecule has 1 saturated heterocycles. The molecule has 0 radical (unpaired) electrons. The van der Waals surface area contributed by atoms with Crippen molar-refractivity contribution in [3.63, 3.8) is 0 Å². The molecule has 242 valence electrons. The van der Waals surface area contributed by atoms with Crippen LogP contribution in [0, 0.1) is 23.2 Å². The summed E-state index contributed by atoms with van der Waals surface area (Å²) in [5.74, 6) is -2.90. The number of hydrogen-bond acceptors (Lipinski definition) is 7. The van der Waals surface area contributed by atoms with Crippen LogP contribution >= 0.6 is 0 Å². The zero-order valence-electron chi connectivity index (χ0n) is 26.4. The van der Waals surface area contributed by atoms with Gasteiger partial charge in [0.2, 0.25) is 17.7 Å². The van der Waals surface area contributed by atoms with Crippen molar-refractivity contribution in [2.75, 3.05) is 6.54 Å². The van der Waals surface area contributed by atoms with E-state index in [1.54, 1.807) is 4.90 Å². The Hall–Kier alpha value is -3.57. The first-order chi connectivity index (χ1) is 20.9. The molecule has 2 aliphatic carbocycles. The number of carbonyl (C=O) groups excluding carboxylic acids is 4. The molecular formula is C32H48N6O6. The Balaban J connectivity index is 1.58. The van der Waals surface area contributed by atoms with Crippen LogP contribution in [0.1, 0.15) is 102 Å². The van der Waals surface area contributed by atoms with Gasteiger partial charge in [0.05, 0.1) is 6.20 Å². The van der Waals surface area contributed by atoms with Crippen LogP contribution in [0.5, 0.6) is 0 Å². The van der Waals surface area contributed by atoms with Crippen LogP contribution in [0.15, 0.2) is 18.6 Å². The highest BCUT2D eigenvalue weighted by atomic mass is 16.4. The number of likely N-dealkylation sites (tertiary alicyclic amines) is 1. The van der Waals surface area contributed by atoms with E-state index in [0.717, 1.165) is 51.4 Å². The van der Waals surface area contributed by atoms with Crippen molar-refractivity contribution >= 4 is 29.6 Å². The molecule has 0 aromatic carbocycles. The van der Waals surface area contributed by atoms with Crippen LogP contribution in [-0.4, -0.2) is 80.3 Å². The normalized spacial score (nSPS) is 24.1. The lowest BCUT2D eigenvalue weighted by molar-refractivity contribution is -0.147. The maximum Gasteiger partial charge on any atom is 0.326 e. The molecule has 1 aromatic rings. The van der Waals surface area contributed by atoms with Crippen LogP contribution in [0.4, 0.5) is 0 Å². The first-order valence-electron chi connectivity index (χ1n) is 16.1. The van der Waals surface area contributed by atoms with E-state index < -0.39 is 53.3 Å². The quantitative estimate of drug-likeness (QED) is 0.296. The summed E-state index contributed by atoms with van der Waals surface area (Å²) in [5, 5.41) is 18.2. The predicted molar refractivity (Wildman–Crippen MR) is 162 cm³/mol. The van der Waals surface area contributed by atoms with E-state index in [1.807, 2.05) is 27.7 Å². The van der Waals surface area contributed by atoms with Crippen molar-refractivity contribution in [1.82, 2.24) is 30.8 Å². The number of amides is 4. The first-order valence-corrected chi connectivity index (χ1v) is 16.1. The third-order valence-corrected chi connectivity index (χ3v) is 9.52. The average Bonchev–Trinajstić information content (AvgIpc) is 3.60. The van der Waals surface area contributed by atoms with Gasteiger partial charge in [-0.1, -0.05) is 59.8 Å². The molecule has 2 heterocycles. The Morgan fingerprint density at radius 2 is 1.70 bits per heavy atom. The fourth-order valence-corrected chi connectivity index (χ4v) is 7.21. The van der Waals surface area contributed by atoms with E-state index in [0.29, 0.717) is 19.4 Å². The summed E-state index contributed by atoms with van der Waals surface area (Å²) in [6, 6.07) is -3.68. The van der Waals surface area contributed by atoms with Gasteiger partial charge in [-0.3, -0.25) is 24.2 Å². The number of hydrogen-bond donors (Lipinski definition) is 4. The van der Waals surface area contributed by atoms with Crippen LogP contribution in [0.2, 0.25) is 0 Å². The van der Waals surface area contributed by atoms with Gasteiger partial charge in [-0.05, 0) is 55.3 Å². The lowest BCUT2D eigenvalue weighted by Crippen LogP contribution is -2.62. The molecule has 4 rings (SSSR count). The summed E-state index contributed by atoms with van der Waals surface area (Å²) >= 11 is 0. The van der Waals surface area contributed by atoms with E-state index in [2.05, 4.69) is 25.9 Å². The van der Waals surface area contributed by atoms with Crippen molar-refractivity contribution in [3.05, 3.63) is 24.3 Å². The Bertz CT molecular complexity index is 1200. The zero-order chi connectivity index (χ0) is 32.0. The van der Waals surface area contributed by atoms with Crippen LogP contribution in [0.25, 0.3) is 0 Å². The molecule has 4 N–H and O–H groups in total. The number of carboxylic acids is 1. The largest absolute Gasteiger partial charge is 0.480 e. The molecule has 12 heteroatoms. The maximum atomic E-state index is 14.4. The van der Waals surface area contributed by atoms with Gasteiger partial charge in [0.15, 0.2) is 0 Å². The molecule has 44 heavy (non-hydrogen) atoms. The monoisotopic (exact) mass is 612 g/mol. The van der Waals surface area contributed by atoms with Gasteiger partial charge in [0.1, 0.15) is 29.9 Å². The minimum atomic E-state index is -1.10. The lowest BCUT2D eigenvalue weighted by Gasteiger charge is -2.38. The third-order valence-electron chi connectivity index (χ3n) is 9.52. The number of aromatic nitrogens is 2. The van der Waals surface area contributed by atoms with E-state index in [9.17, 15) is 29.1 Å². The summed E-state index contributed by atoms with van der Waals surface area (Å²) in [6.07, 6.45) is 12.2. The molecule has 12 nitrogen and oxygen atoms in total. The summed E-state index contributed by atoms with van der Waals surface area (Å²) in [6.45, 7) is 7.81. The number of fused-ring (bicyclic) bond motifs is 1. The fraction of sp³-hybridized carbons (Fsp3) is 0.719. The van der Waals surface area contributed by atoms with Crippen LogP contribution in [0.3, 0.4) is 0 Å². The van der Waals surface area contributed by atoms with Gasteiger partial charge in [-0.15, -0.1) is 0 Å². The molecule has 4 amide bonds. The molecule has 1 aromatic heterocycles. The minimum Gasteiger partial charge on any atom is -0.480 e. The maximum absolute atomic E-state index is 14.4. The van der Waals surface area contributed by atoms with Gasteiger partial charge in [-0.2, -0.15) is 0 Å². The van der Waals surface area contributed by atoms with Crippen LogP contribution < -0.4 is 16.0 Å². The van der Waals surface area contributed by atoms with E-state index >= 15 is 0 Å². The summed E-state index contributed by atoms with van der Waals surface area (Å²) in [5.41, 5.74) is -0.617. The van der Waals surface area contributed by atoms with E-state index in [1.165, 1.54) is 18.6 Å². The molecular weight excluding hydrogens is 564 g/mol. The Morgan fingerprint density at radius 1 is 0.977 bits per heavy atom. The highest BCUT2D eigenvalue weighted by Gasteiger charge is 2.52. The number of nitrogens with one attached hydrogen (secondary N) is 3. The Labute approximate surface area is 259 Å². The number of rotatable bonds is 11. The number of carbonyl (C=O) groups is 5. The van der Waals surface area contributed by atoms with Crippen LogP contribution in [-0.2, 0) is 19.2 Å². The summed E-state index contributed by atoms with van der Waals surface area (Å²) in [4.78, 5) is 76.5. The van der Waals surface area contributed by atoms with E-state index in [4.69, 9.17) is 0 Å². The minimum absolute atomic E-state index is 0.0624. The van der Waals surface area contributed by atoms with Gasteiger partial charge in [0, 0.05) is 18.9 Å². The predicted octanol–water partition coefficient (Wildman–Crippen LogP) is 2.68. The van der Waals surface area contributed by atoms with Gasteiger partial charge in [0.25, 0.3) is 5.91 Å². The number of aliphatic carboxylic acids is 1. The van der Waals surface area contributed by atoms with Gasteiger partial charge < -0.3 is 26.0 Å². The number of nitrogens with zero attached hydrogens (tertiary/aromatic N) is 3. The lowest BCUT2D eigenvalue weighted by atomic mass is 9.82. The van der Waals surface area contributed by atoms with Crippen molar-refractivity contribution in [2.45, 2.75) is 116 Å². The zero-order valence-corrected chi connectivity index (χ0v) is 26.4. The molecule has 0 unspecified atom stereocenters. The number of carboxylic acid groups (broad SMARTS) is 1. The van der Waals surface area contributed by atoms with Crippen molar-refractivity contribution in [1.29, 1.82) is 0 Å². The fourth-order valence-electron chi connectivity index (χ4n) is 7.21. The third kappa shape index (κ3) is 7.74. The topological polar surface area (TPSA) is 171 Å². The molecule has 0 bridgehead atoms. The molecule has 2 saturated carbocycles. The Kier molecular flexibility index (Phi) is 11.0. The average molecular weight is 613 g/mol. The van der Waals surface area contributed by atoms with Gasteiger partial charge >= 0.3 is 5.97 Å². The van der Waals surface area contributed by atoms with Gasteiger partial charge in [-0.25, -0.2) is 9.78 Å². The Morgan fingerprint density at radius 3 is 2.32 bits per heavy atom. The summed E-state index contributed by atoms with van der Waals surface area (Å²) < 4.78 is 0. The SMILES string of the molecule is CCC[C@H](NC(=O)[C@@H]1[C@H]2CCC[C@H]2CN1C(=O)[C@@H](NC(=O)[C@@H](NC(=O)c1cnccn1)C1CCCCC1)C(C)(C)C)C(=O)O. The summed E-state index contributed by atoms with van der Waals surface area (Å²) in [7, 11) is 0. The van der Waals surface area contributed by atoms with Crippen molar-refractivity contribution in [2.24, 2.45) is 23.2 Å². The molecule has 3 aliphatic rings.